The molecule has 0 aromatic carbocycles. The van der Waals surface area contributed by atoms with Crippen molar-refractivity contribution in [3.05, 3.63) is 47.3 Å². The van der Waals surface area contributed by atoms with Crippen molar-refractivity contribution in [3.8, 4) is 0 Å². The highest BCUT2D eigenvalue weighted by Gasteiger charge is 2.08. The van der Waals surface area contributed by atoms with Crippen molar-refractivity contribution in [1.29, 1.82) is 0 Å². The maximum absolute atomic E-state index is 5.69. The zero-order valence-corrected chi connectivity index (χ0v) is 12.1. The second kappa shape index (κ2) is 5.90. The number of H-pyrrole nitrogens is 1. The van der Waals surface area contributed by atoms with Gasteiger partial charge in [-0.25, -0.2) is 15.0 Å². The molecule has 1 N–H and O–H groups in total. The van der Waals surface area contributed by atoms with Crippen molar-refractivity contribution in [2.24, 2.45) is 0 Å². The third kappa shape index (κ3) is 3.56. The van der Waals surface area contributed by atoms with Gasteiger partial charge in [0.1, 0.15) is 17.3 Å². The number of rotatable bonds is 6. The molecule has 0 aliphatic rings. The van der Waals surface area contributed by atoms with Crippen molar-refractivity contribution in [2.75, 3.05) is 0 Å². The van der Waals surface area contributed by atoms with Gasteiger partial charge in [0, 0.05) is 25.7 Å². The molecule has 3 aromatic heterocycles. The SMILES string of the molecule is Cc1nc(CCc2cnc(CCc3ncc(C)o3)o2)n[nH]1. The van der Waals surface area contributed by atoms with Crippen LogP contribution in [0.1, 0.15) is 35.0 Å². The highest BCUT2D eigenvalue weighted by molar-refractivity contribution is 4.99. The molecule has 0 saturated carbocycles. The first-order valence-electron chi connectivity index (χ1n) is 6.92. The van der Waals surface area contributed by atoms with Crippen molar-refractivity contribution in [3.63, 3.8) is 0 Å². The van der Waals surface area contributed by atoms with Crippen LogP contribution in [0.2, 0.25) is 0 Å². The summed E-state index contributed by atoms with van der Waals surface area (Å²) in [7, 11) is 0. The van der Waals surface area contributed by atoms with Crippen molar-refractivity contribution in [1.82, 2.24) is 25.1 Å². The summed E-state index contributed by atoms with van der Waals surface area (Å²) in [6, 6.07) is 0. The Morgan fingerprint density at radius 1 is 0.952 bits per heavy atom. The van der Waals surface area contributed by atoms with E-state index in [2.05, 4.69) is 25.1 Å². The van der Waals surface area contributed by atoms with E-state index in [4.69, 9.17) is 8.83 Å². The number of hydrogen-bond acceptors (Lipinski definition) is 6. The fourth-order valence-electron chi connectivity index (χ4n) is 2.05. The molecule has 0 fully saturated rings. The fourth-order valence-corrected chi connectivity index (χ4v) is 2.05. The predicted molar refractivity (Wildman–Crippen MR) is 73.7 cm³/mol. The number of aromatic amines is 1. The lowest BCUT2D eigenvalue weighted by Gasteiger charge is -1.94. The Labute approximate surface area is 121 Å². The molecule has 3 heterocycles. The van der Waals surface area contributed by atoms with Crippen LogP contribution in [0.3, 0.4) is 0 Å². The number of aromatic nitrogens is 5. The van der Waals surface area contributed by atoms with Gasteiger partial charge in [-0.05, 0) is 13.8 Å². The average Bonchev–Trinajstić information content (AvgIpc) is 3.16. The van der Waals surface area contributed by atoms with Crippen molar-refractivity contribution in [2.45, 2.75) is 39.5 Å². The van der Waals surface area contributed by atoms with Crippen LogP contribution in [0, 0.1) is 13.8 Å². The number of aryl methyl sites for hydroxylation is 6. The van der Waals surface area contributed by atoms with Crippen LogP contribution < -0.4 is 0 Å². The van der Waals surface area contributed by atoms with Gasteiger partial charge in [-0.2, -0.15) is 5.10 Å². The number of nitrogens with zero attached hydrogens (tertiary/aromatic N) is 4. The molecule has 0 amide bonds. The number of oxazole rings is 2. The molecule has 21 heavy (non-hydrogen) atoms. The normalized spacial score (nSPS) is 11.1. The largest absolute Gasteiger partial charge is 0.446 e. The second-order valence-electron chi connectivity index (χ2n) is 4.92. The first-order chi connectivity index (χ1) is 10.2. The highest BCUT2D eigenvalue weighted by atomic mass is 16.4. The Kier molecular flexibility index (Phi) is 3.81. The lowest BCUT2D eigenvalue weighted by molar-refractivity contribution is 0.428. The first-order valence-corrected chi connectivity index (χ1v) is 6.92. The molecule has 3 aromatic rings. The monoisotopic (exact) mass is 287 g/mol. The Morgan fingerprint density at radius 3 is 2.38 bits per heavy atom. The van der Waals surface area contributed by atoms with Gasteiger partial charge in [0.15, 0.2) is 17.6 Å². The zero-order valence-electron chi connectivity index (χ0n) is 12.1. The van der Waals surface area contributed by atoms with Gasteiger partial charge in [-0.3, -0.25) is 5.10 Å². The Hall–Kier alpha value is -2.44. The summed E-state index contributed by atoms with van der Waals surface area (Å²) in [5.74, 6) is 4.69. The summed E-state index contributed by atoms with van der Waals surface area (Å²) in [4.78, 5) is 12.7. The third-order valence-corrected chi connectivity index (χ3v) is 3.06. The molecule has 0 aliphatic carbocycles. The quantitative estimate of drug-likeness (QED) is 0.745. The lowest BCUT2D eigenvalue weighted by Crippen LogP contribution is -1.93. The number of hydrogen-bond donors (Lipinski definition) is 1. The molecule has 0 atom stereocenters. The van der Waals surface area contributed by atoms with E-state index in [9.17, 15) is 0 Å². The van der Waals surface area contributed by atoms with E-state index in [1.54, 1.807) is 12.4 Å². The second-order valence-corrected chi connectivity index (χ2v) is 4.92. The summed E-state index contributed by atoms with van der Waals surface area (Å²) in [5, 5.41) is 6.92. The van der Waals surface area contributed by atoms with E-state index < -0.39 is 0 Å². The molecule has 0 bridgehead atoms. The smallest absolute Gasteiger partial charge is 0.194 e. The standard InChI is InChI=1S/C14H17N5O2/c1-9-7-15-13(20-9)5-6-14-16-8-11(21-14)3-4-12-17-10(2)18-19-12/h7-8H,3-6H2,1-2H3,(H,17,18,19). The van der Waals surface area contributed by atoms with Gasteiger partial charge >= 0.3 is 0 Å². The van der Waals surface area contributed by atoms with Crippen molar-refractivity contribution >= 4 is 0 Å². The van der Waals surface area contributed by atoms with Gasteiger partial charge < -0.3 is 8.83 Å². The maximum atomic E-state index is 5.69. The van der Waals surface area contributed by atoms with E-state index in [1.165, 1.54) is 0 Å². The van der Waals surface area contributed by atoms with E-state index in [0.717, 1.165) is 36.0 Å². The van der Waals surface area contributed by atoms with Gasteiger partial charge in [-0.15, -0.1) is 0 Å². The minimum atomic E-state index is 0.680. The molecule has 0 saturated heterocycles. The summed E-state index contributed by atoms with van der Waals surface area (Å²) in [6.45, 7) is 3.76. The van der Waals surface area contributed by atoms with E-state index in [-0.39, 0.29) is 0 Å². The molecule has 7 heteroatoms. The average molecular weight is 287 g/mol. The van der Waals surface area contributed by atoms with Crippen LogP contribution in [0.25, 0.3) is 0 Å². The van der Waals surface area contributed by atoms with Crippen LogP contribution >= 0.6 is 0 Å². The molecule has 0 unspecified atom stereocenters. The van der Waals surface area contributed by atoms with Crippen LogP contribution in [0.15, 0.2) is 21.2 Å². The minimum absolute atomic E-state index is 0.680. The first kappa shape index (κ1) is 13.5. The third-order valence-electron chi connectivity index (χ3n) is 3.06. The predicted octanol–water partition coefficient (Wildman–Crippen LogP) is 1.97. The molecule has 3 rings (SSSR count). The van der Waals surface area contributed by atoms with Gasteiger partial charge in [0.05, 0.1) is 12.4 Å². The van der Waals surface area contributed by atoms with Crippen LogP contribution in [0.5, 0.6) is 0 Å². The van der Waals surface area contributed by atoms with Crippen LogP contribution in [0.4, 0.5) is 0 Å². The topological polar surface area (TPSA) is 93.6 Å². The zero-order chi connectivity index (χ0) is 14.7. The van der Waals surface area contributed by atoms with E-state index >= 15 is 0 Å². The summed E-state index contributed by atoms with van der Waals surface area (Å²) < 4.78 is 11.1. The number of nitrogens with one attached hydrogen (secondary N) is 1. The molecule has 0 radical (unpaired) electrons. The molecular weight excluding hydrogens is 270 g/mol. The van der Waals surface area contributed by atoms with Crippen molar-refractivity contribution < 1.29 is 8.83 Å². The van der Waals surface area contributed by atoms with E-state index in [1.807, 2.05) is 13.8 Å². The van der Waals surface area contributed by atoms with Gasteiger partial charge in [-0.1, -0.05) is 0 Å². The minimum Gasteiger partial charge on any atom is -0.446 e. The molecular formula is C14H17N5O2. The van der Waals surface area contributed by atoms with Gasteiger partial charge in [0.2, 0.25) is 0 Å². The fraction of sp³-hybridized carbons (Fsp3) is 0.429. The highest BCUT2D eigenvalue weighted by Crippen LogP contribution is 2.10. The summed E-state index contributed by atoms with van der Waals surface area (Å²) >= 11 is 0. The molecule has 7 nitrogen and oxygen atoms in total. The molecule has 110 valence electrons. The van der Waals surface area contributed by atoms with Crippen LogP contribution in [-0.4, -0.2) is 25.1 Å². The summed E-state index contributed by atoms with van der Waals surface area (Å²) in [6.07, 6.45) is 6.32. The Balaban J connectivity index is 1.51. The summed E-state index contributed by atoms with van der Waals surface area (Å²) in [5.41, 5.74) is 0. The molecule has 0 aliphatic heterocycles. The molecule has 0 spiro atoms. The maximum Gasteiger partial charge on any atom is 0.194 e. The lowest BCUT2D eigenvalue weighted by atomic mass is 10.2. The Morgan fingerprint density at radius 2 is 1.71 bits per heavy atom. The van der Waals surface area contributed by atoms with Gasteiger partial charge in [0.25, 0.3) is 0 Å². The van der Waals surface area contributed by atoms with E-state index in [0.29, 0.717) is 24.6 Å². The van der Waals surface area contributed by atoms with Crippen LogP contribution in [-0.2, 0) is 25.7 Å². The Bertz CT molecular complexity index is 654.